The predicted molar refractivity (Wildman–Crippen MR) is 134 cm³/mol. The number of hydrogen-bond acceptors (Lipinski definition) is 3. The molecule has 0 spiro atoms. The Kier molecular flexibility index (Phi) is 75.6. The van der Waals surface area contributed by atoms with Gasteiger partial charge in [-0.15, -0.1) is 0 Å². The number of carbonyl (C=O) groups is 3. The third-order valence-corrected chi connectivity index (χ3v) is 5.24. The molecule has 9 N–H and O–H groups in total. The van der Waals surface area contributed by atoms with Crippen LogP contribution in [0.1, 0.15) is 119 Å². The van der Waals surface area contributed by atoms with Gasteiger partial charge in [-0.3, -0.25) is 14.4 Å². The van der Waals surface area contributed by atoms with Crippen LogP contribution >= 0.6 is 0 Å². The van der Waals surface area contributed by atoms with Crippen LogP contribution < -0.4 is 0 Å². The van der Waals surface area contributed by atoms with Crippen molar-refractivity contribution < 1.29 is 102 Å². The molecule has 0 aromatic heterocycles. The molecule has 0 saturated heterocycles. The molecule has 0 aliphatic heterocycles. The van der Waals surface area contributed by atoms with Crippen molar-refractivity contribution in [3.63, 3.8) is 0 Å². The fourth-order valence-corrected chi connectivity index (χ4v) is 2.86. The number of carboxylic acid groups (broad SMARTS) is 3. The molecule has 36 heavy (non-hydrogen) atoms. The van der Waals surface area contributed by atoms with E-state index in [1.54, 1.807) is 0 Å². The molecular formula is C24H54O9V3. The minimum atomic E-state index is -0.643. The molecule has 12 heteroatoms. The molecule has 219 valence electrons. The van der Waals surface area contributed by atoms with Crippen molar-refractivity contribution in [2.24, 2.45) is 17.8 Å². The van der Waals surface area contributed by atoms with Gasteiger partial charge >= 0.3 is 17.9 Å². The zero-order chi connectivity index (χ0) is 23.9. The van der Waals surface area contributed by atoms with Gasteiger partial charge in [0.15, 0.2) is 0 Å². The second kappa shape index (κ2) is 45.0. The van der Waals surface area contributed by atoms with Gasteiger partial charge in [0.2, 0.25) is 0 Å². The van der Waals surface area contributed by atoms with Crippen LogP contribution in [0.5, 0.6) is 0 Å². The summed E-state index contributed by atoms with van der Waals surface area (Å²) in [6.07, 6.45) is 11.1. The summed E-state index contributed by atoms with van der Waals surface area (Å²) in [4.78, 5) is 31.3. The zero-order valence-electron chi connectivity index (χ0n) is 23.1. The third-order valence-electron chi connectivity index (χ3n) is 5.24. The van der Waals surface area contributed by atoms with E-state index in [-0.39, 0.29) is 89.8 Å². The van der Waals surface area contributed by atoms with Crippen molar-refractivity contribution in [2.75, 3.05) is 0 Å². The van der Waals surface area contributed by atoms with Crippen molar-refractivity contribution in [1.29, 1.82) is 0 Å². The first-order chi connectivity index (χ1) is 14.2. The Hall–Kier alpha value is 0.0432. The van der Waals surface area contributed by atoms with Gasteiger partial charge in [0, 0.05) is 55.7 Å². The van der Waals surface area contributed by atoms with E-state index in [0.29, 0.717) is 0 Å². The van der Waals surface area contributed by atoms with E-state index >= 15 is 0 Å². The average Bonchev–Trinajstić information content (AvgIpc) is 2.70. The van der Waals surface area contributed by atoms with Gasteiger partial charge in [-0.1, -0.05) is 80.1 Å². The summed E-state index contributed by atoms with van der Waals surface area (Å²) in [6.45, 7) is 12.0. The first kappa shape index (κ1) is 60.5. The average molecular weight is 640 g/mol. The number of rotatable bonds is 15. The van der Waals surface area contributed by atoms with E-state index in [1.807, 2.05) is 20.8 Å². The Bertz CT molecular complexity index is 381. The second-order valence-corrected chi connectivity index (χ2v) is 7.76. The summed E-state index contributed by atoms with van der Waals surface area (Å²) in [5.41, 5.74) is 0. The fraction of sp³-hybridized carbons (Fsp3) is 0.875. The molecule has 0 saturated carbocycles. The largest absolute Gasteiger partial charge is 0.481 e. The topological polar surface area (TPSA) is 206 Å². The molecule has 3 unspecified atom stereocenters. The van der Waals surface area contributed by atoms with Crippen LogP contribution in [0.3, 0.4) is 0 Å². The molecule has 0 aliphatic rings. The molecule has 0 heterocycles. The molecule has 0 aliphatic carbocycles. The number of carboxylic acids is 3. The first-order valence-corrected chi connectivity index (χ1v) is 11.8. The van der Waals surface area contributed by atoms with Crippen molar-refractivity contribution in [3.8, 4) is 0 Å². The van der Waals surface area contributed by atoms with Crippen LogP contribution in [0, 0.1) is 17.8 Å². The van der Waals surface area contributed by atoms with Gasteiger partial charge in [-0.05, 0) is 38.5 Å². The zero-order valence-corrected chi connectivity index (χ0v) is 27.3. The maximum atomic E-state index is 10.4. The first-order valence-electron chi connectivity index (χ1n) is 11.8. The van der Waals surface area contributed by atoms with Crippen LogP contribution in [0.4, 0.5) is 0 Å². The second-order valence-electron chi connectivity index (χ2n) is 7.76. The molecule has 0 bridgehead atoms. The van der Waals surface area contributed by atoms with Gasteiger partial charge in [0.1, 0.15) is 0 Å². The van der Waals surface area contributed by atoms with E-state index in [0.717, 1.165) is 77.0 Å². The van der Waals surface area contributed by atoms with Crippen LogP contribution in [-0.4, -0.2) is 49.7 Å². The van der Waals surface area contributed by atoms with Crippen molar-refractivity contribution in [3.05, 3.63) is 0 Å². The monoisotopic (exact) mass is 639 g/mol. The van der Waals surface area contributed by atoms with Gasteiger partial charge in [0.25, 0.3) is 0 Å². The van der Waals surface area contributed by atoms with Crippen molar-refractivity contribution in [1.82, 2.24) is 0 Å². The Labute approximate surface area is 254 Å². The Morgan fingerprint density at radius 1 is 0.472 bits per heavy atom. The normalized spacial score (nSPS) is 10.8. The number of unbranched alkanes of at least 4 members (excludes halogenated alkanes) is 3. The van der Waals surface area contributed by atoms with Crippen LogP contribution in [0.15, 0.2) is 0 Å². The SMILES string of the molecule is CCCCC(CC)C(=O)O.CCCCC(CC)C(=O)O.CCCCC(CC)C(=O)O.O.O.O.[V].[V].[V]. The summed E-state index contributed by atoms with van der Waals surface area (Å²) < 4.78 is 0. The number of aliphatic carboxylic acids is 3. The summed E-state index contributed by atoms with van der Waals surface area (Å²) in [6, 6.07) is 0. The Morgan fingerprint density at radius 2 is 0.639 bits per heavy atom. The van der Waals surface area contributed by atoms with Crippen molar-refractivity contribution in [2.45, 2.75) is 119 Å². The quantitative estimate of drug-likeness (QED) is 0.237. The fourth-order valence-electron chi connectivity index (χ4n) is 2.86. The maximum absolute atomic E-state index is 10.4. The van der Waals surface area contributed by atoms with E-state index in [2.05, 4.69) is 20.8 Å². The van der Waals surface area contributed by atoms with Crippen LogP contribution in [-0.2, 0) is 70.1 Å². The minimum absolute atomic E-state index is 0. The summed E-state index contributed by atoms with van der Waals surface area (Å²) in [5.74, 6) is -2.26. The molecule has 0 aromatic rings. The third kappa shape index (κ3) is 41.2. The standard InChI is InChI=1S/3C8H16O2.3H2O.3V/c3*1-3-5-6-7(4-2)8(9)10;;;;;;/h3*7H,3-6H2,1-2H3,(H,9,10);3*1H2;;;. The smallest absolute Gasteiger partial charge is 0.306 e. The minimum Gasteiger partial charge on any atom is -0.481 e. The van der Waals surface area contributed by atoms with Crippen LogP contribution in [0.25, 0.3) is 0 Å². The molecule has 0 rings (SSSR count). The van der Waals surface area contributed by atoms with E-state index < -0.39 is 17.9 Å². The number of hydrogen-bond donors (Lipinski definition) is 3. The van der Waals surface area contributed by atoms with Gasteiger partial charge < -0.3 is 31.7 Å². The van der Waals surface area contributed by atoms with Gasteiger partial charge in [-0.2, -0.15) is 0 Å². The predicted octanol–water partition coefficient (Wildman–Crippen LogP) is 4.38. The van der Waals surface area contributed by atoms with E-state index in [9.17, 15) is 14.4 Å². The molecule has 0 fully saturated rings. The Balaban J connectivity index is -0.0000000401. The molecule has 0 aromatic carbocycles. The summed E-state index contributed by atoms with van der Waals surface area (Å²) in [5, 5.41) is 25.8. The Morgan fingerprint density at radius 3 is 0.722 bits per heavy atom. The van der Waals surface area contributed by atoms with Crippen LogP contribution in [0.2, 0.25) is 0 Å². The molecular weight excluding hydrogens is 585 g/mol. The molecule has 9 nitrogen and oxygen atoms in total. The maximum Gasteiger partial charge on any atom is 0.306 e. The van der Waals surface area contributed by atoms with Gasteiger partial charge in [-0.25, -0.2) is 0 Å². The van der Waals surface area contributed by atoms with E-state index in [1.165, 1.54) is 0 Å². The summed E-state index contributed by atoms with van der Waals surface area (Å²) in [7, 11) is 0. The molecule has 3 radical (unpaired) electrons. The summed E-state index contributed by atoms with van der Waals surface area (Å²) >= 11 is 0. The molecule has 0 amide bonds. The van der Waals surface area contributed by atoms with Gasteiger partial charge in [0.05, 0.1) is 17.8 Å². The van der Waals surface area contributed by atoms with Crippen molar-refractivity contribution >= 4 is 17.9 Å². The van der Waals surface area contributed by atoms with E-state index in [4.69, 9.17) is 15.3 Å². The molecule has 3 atom stereocenters.